The van der Waals surface area contributed by atoms with Gasteiger partial charge in [0.25, 0.3) is 0 Å². The molecule has 0 saturated carbocycles. The third kappa shape index (κ3) is 2.34. The van der Waals surface area contributed by atoms with E-state index in [0.717, 1.165) is 22.0 Å². The van der Waals surface area contributed by atoms with Gasteiger partial charge in [0, 0.05) is 10.9 Å². The molecule has 96 valence electrons. The van der Waals surface area contributed by atoms with Crippen LogP contribution in [0.25, 0.3) is 22.0 Å². The molecule has 2 nitrogen and oxygen atoms in total. The fourth-order valence-electron chi connectivity index (χ4n) is 2.14. The molecule has 0 bridgehead atoms. The molecule has 0 amide bonds. The number of fused-ring (bicyclic) bond motifs is 1. The van der Waals surface area contributed by atoms with Gasteiger partial charge < -0.3 is 4.74 Å². The lowest BCUT2D eigenvalue weighted by Gasteiger charge is -2.10. The van der Waals surface area contributed by atoms with E-state index in [4.69, 9.17) is 11.2 Å². The number of benzene rings is 2. The van der Waals surface area contributed by atoms with E-state index in [-0.39, 0.29) is 6.61 Å². The van der Waals surface area contributed by atoms with Crippen LogP contribution in [0.15, 0.2) is 60.7 Å². The van der Waals surface area contributed by atoms with Crippen molar-refractivity contribution in [3.8, 4) is 29.4 Å². The summed E-state index contributed by atoms with van der Waals surface area (Å²) in [4.78, 5) is 4.57. The van der Waals surface area contributed by atoms with E-state index < -0.39 is 0 Å². The number of rotatable bonds is 3. The van der Waals surface area contributed by atoms with Gasteiger partial charge in [-0.2, -0.15) is 0 Å². The smallest absolute Gasteiger partial charge is 0.222 e. The first-order chi connectivity index (χ1) is 9.88. The summed E-state index contributed by atoms with van der Waals surface area (Å²) in [6.45, 7) is 0.213. The summed E-state index contributed by atoms with van der Waals surface area (Å²) in [5, 5.41) is 1.08. The summed E-state index contributed by atoms with van der Waals surface area (Å²) < 4.78 is 5.60. The Labute approximate surface area is 118 Å². The molecule has 0 N–H and O–H groups in total. The van der Waals surface area contributed by atoms with Gasteiger partial charge in [-0.25, -0.2) is 4.98 Å². The van der Waals surface area contributed by atoms with Crippen LogP contribution in [0, 0.1) is 12.3 Å². The highest BCUT2D eigenvalue weighted by atomic mass is 16.5. The molecule has 0 unspecified atom stereocenters. The minimum Gasteiger partial charge on any atom is -0.464 e. The highest BCUT2D eigenvalue weighted by Crippen LogP contribution is 2.31. The third-order valence-electron chi connectivity index (χ3n) is 3.07. The molecule has 1 heterocycles. The van der Waals surface area contributed by atoms with Crippen molar-refractivity contribution in [1.29, 1.82) is 0 Å². The molecule has 0 aliphatic carbocycles. The standard InChI is InChI=1S/C18H13NO/c1-2-12-20-18-16(14-8-4-3-5-9-14)13-15-10-6-7-11-17(15)19-18/h1,3-11,13H,12H2. The largest absolute Gasteiger partial charge is 0.464 e. The zero-order chi connectivity index (χ0) is 13.8. The number of para-hydroxylation sites is 1. The van der Waals surface area contributed by atoms with Gasteiger partial charge in [-0.3, -0.25) is 0 Å². The molecule has 0 aliphatic rings. The number of terminal acetylenes is 1. The number of pyridine rings is 1. The van der Waals surface area contributed by atoms with Crippen LogP contribution in [0.5, 0.6) is 5.88 Å². The summed E-state index contributed by atoms with van der Waals surface area (Å²) in [6.07, 6.45) is 5.27. The molecular formula is C18H13NO. The molecule has 0 fully saturated rings. The Morgan fingerprint density at radius 2 is 1.75 bits per heavy atom. The lowest BCUT2D eigenvalue weighted by atomic mass is 10.0. The first-order valence-corrected chi connectivity index (χ1v) is 6.40. The van der Waals surface area contributed by atoms with Crippen LogP contribution in [-0.2, 0) is 0 Å². The normalized spacial score (nSPS) is 10.2. The summed E-state index contributed by atoms with van der Waals surface area (Å²) in [7, 11) is 0. The van der Waals surface area contributed by atoms with Gasteiger partial charge in [0.1, 0.15) is 0 Å². The first kappa shape index (κ1) is 12.3. The number of ether oxygens (including phenoxy) is 1. The second-order valence-corrected chi connectivity index (χ2v) is 4.39. The summed E-state index contributed by atoms with van der Waals surface area (Å²) in [5.41, 5.74) is 2.93. The van der Waals surface area contributed by atoms with E-state index in [2.05, 4.69) is 17.0 Å². The lowest BCUT2D eigenvalue weighted by Crippen LogP contribution is -1.99. The summed E-state index contributed by atoms with van der Waals surface area (Å²) in [5.74, 6) is 3.06. The van der Waals surface area contributed by atoms with E-state index >= 15 is 0 Å². The van der Waals surface area contributed by atoms with Crippen molar-refractivity contribution in [2.45, 2.75) is 0 Å². The average molecular weight is 259 g/mol. The predicted molar refractivity (Wildman–Crippen MR) is 81.5 cm³/mol. The van der Waals surface area contributed by atoms with E-state index in [1.165, 1.54) is 0 Å². The SMILES string of the molecule is C#CCOc1nc2ccccc2cc1-c1ccccc1. The number of nitrogens with zero attached hydrogens (tertiary/aromatic N) is 1. The van der Waals surface area contributed by atoms with Crippen molar-refractivity contribution < 1.29 is 4.74 Å². The van der Waals surface area contributed by atoms with Crippen molar-refractivity contribution in [2.75, 3.05) is 6.61 Å². The van der Waals surface area contributed by atoms with Crippen molar-refractivity contribution in [3.63, 3.8) is 0 Å². The molecule has 3 aromatic rings. The van der Waals surface area contributed by atoms with Crippen LogP contribution in [-0.4, -0.2) is 11.6 Å². The highest BCUT2D eigenvalue weighted by molar-refractivity contribution is 5.86. The maximum absolute atomic E-state index is 5.60. The van der Waals surface area contributed by atoms with Crippen molar-refractivity contribution in [1.82, 2.24) is 4.98 Å². The molecule has 0 radical (unpaired) electrons. The average Bonchev–Trinajstić information content (AvgIpc) is 2.53. The summed E-state index contributed by atoms with van der Waals surface area (Å²) >= 11 is 0. The maximum atomic E-state index is 5.60. The molecule has 3 rings (SSSR count). The monoisotopic (exact) mass is 259 g/mol. The maximum Gasteiger partial charge on any atom is 0.222 e. The van der Waals surface area contributed by atoms with E-state index in [0.29, 0.717) is 5.88 Å². The molecule has 20 heavy (non-hydrogen) atoms. The van der Waals surface area contributed by atoms with Gasteiger partial charge in [0.2, 0.25) is 5.88 Å². The Bertz CT molecular complexity index is 772. The second kappa shape index (κ2) is 5.46. The first-order valence-electron chi connectivity index (χ1n) is 6.40. The predicted octanol–water partition coefficient (Wildman–Crippen LogP) is 3.91. The number of hydrogen-bond acceptors (Lipinski definition) is 2. The van der Waals surface area contributed by atoms with Crippen molar-refractivity contribution in [3.05, 3.63) is 60.7 Å². The van der Waals surface area contributed by atoms with Crippen molar-refractivity contribution >= 4 is 10.9 Å². The fraction of sp³-hybridized carbons (Fsp3) is 0.0556. The van der Waals surface area contributed by atoms with Crippen molar-refractivity contribution in [2.24, 2.45) is 0 Å². The van der Waals surface area contributed by atoms with Crippen LogP contribution in [0.1, 0.15) is 0 Å². The Morgan fingerprint density at radius 3 is 2.55 bits per heavy atom. The minimum atomic E-state index is 0.213. The Hall–Kier alpha value is -2.79. The Morgan fingerprint density at radius 1 is 1.00 bits per heavy atom. The van der Waals surface area contributed by atoms with Gasteiger partial charge in [-0.05, 0) is 17.7 Å². The molecule has 0 saturated heterocycles. The van der Waals surface area contributed by atoms with E-state index in [1.807, 2.05) is 54.6 Å². The zero-order valence-corrected chi connectivity index (χ0v) is 10.9. The molecule has 2 heteroatoms. The number of hydrogen-bond donors (Lipinski definition) is 0. The quantitative estimate of drug-likeness (QED) is 0.665. The van der Waals surface area contributed by atoms with Gasteiger partial charge >= 0.3 is 0 Å². The highest BCUT2D eigenvalue weighted by Gasteiger charge is 2.09. The Kier molecular flexibility index (Phi) is 3.34. The van der Waals surface area contributed by atoms with Gasteiger partial charge in [0.05, 0.1) is 5.52 Å². The fourth-order valence-corrected chi connectivity index (χ4v) is 2.14. The van der Waals surface area contributed by atoms with E-state index in [9.17, 15) is 0 Å². The van der Waals surface area contributed by atoms with Crippen LogP contribution in [0.4, 0.5) is 0 Å². The Balaban J connectivity index is 2.19. The molecule has 1 aromatic heterocycles. The van der Waals surface area contributed by atoms with Gasteiger partial charge in [0.15, 0.2) is 6.61 Å². The second-order valence-electron chi connectivity index (χ2n) is 4.39. The molecule has 0 spiro atoms. The van der Waals surface area contributed by atoms with Gasteiger partial charge in [-0.1, -0.05) is 54.5 Å². The minimum absolute atomic E-state index is 0.213. The van der Waals surface area contributed by atoms with Crippen LogP contribution in [0.3, 0.4) is 0 Å². The van der Waals surface area contributed by atoms with Gasteiger partial charge in [-0.15, -0.1) is 6.42 Å². The van der Waals surface area contributed by atoms with Crippen LogP contribution in [0.2, 0.25) is 0 Å². The molecule has 0 aliphatic heterocycles. The number of aromatic nitrogens is 1. The van der Waals surface area contributed by atoms with E-state index in [1.54, 1.807) is 0 Å². The topological polar surface area (TPSA) is 22.1 Å². The van der Waals surface area contributed by atoms with Crippen LogP contribution >= 0.6 is 0 Å². The van der Waals surface area contributed by atoms with Crippen LogP contribution < -0.4 is 4.74 Å². The zero-order valence-electron chi connectivity index (χ0n) is 10.9. The lowest BCUT2D eigenvalue weighted by molar-refractivity contribution is 0.358. The molecule has 2 aromatic carbocycles. The third-order valence-corrected chi connectivity index (χ3v) is 3.07. The molecular weight excluding hydrogens is 246 g/mol. The summed E-state index contributed by atoms with van der Waals surface area (Å²) in [6, 6.07) is 20.1. The molecule has 0 atom stereocenters.